The van der Waals surface area contributed by atoms with Gasteiger partial charge >= 0.3 is 7.94 Å². The Balaban J connectivity index is 1.57. The van der Waals surface area contributed by atoms with Gasteiger partial charge in [0, 0.05) is 16.2 Å². The van der Waals surface area contributed by atoms with Crippen molar-refractivity contribution in [2.45, 2.75) is 134 Å². The van der Waals surface area contributed by atoms with Gasteiger partial charge in [-0.1, -0.05) is 77.0 Å². The Bertz CT molecular complexity index is 469. The average molecular weight is 492 g/mol. The highest BCUT2D eigenvalue weighted by atomic mass is 33.5. The quantitative estimate of drug-likeness (QED) is 0.200. The van der Waals surface area contributed by atoms with Crippen LogP contribution in [0.15, 0.2) is 10.1 Å². The topological polar surface area (TPSA) is 27.7 Å². The Hall–Kier alpha value is 1.10. The van der Waals surface area contributed by atoms with E-state index in [1.807, 2.05) is 31.4 Å². The molecular weight excluding hydrogens is 451 g/mol. The molecule has 0 aromatic rings. The van der Waals surface area contributed by atoms with Gasteiger partial charge in [-0.3, -0.25) is 0 Å². The molecule has 3 fully saturated rings. The van der Waals surface area contributed by atoms with E-state index in [0.29, 0.717) is 18.3 Å². The molecule has 0 aromatic heterocycles. The maximum absolute atomic E-state index is 7.08. The van der Waals surface area contributed by atoms with Crippen LogP contribution in [0.4, 0.5) is 0 Å². The van der Waals surface area contributed by atoms with Crippen LogP contribution in [0.2, 0.25) is 0 Å². The van der Waals surface area contributed by atoms with E-state index >= 15 is 0 Å². The molecule has 0 saturated heterocycles. The van der Waals surface area contributed by atoms with E-state index in [0.717, 1.165) is 0 Å². The van der Waals surface area contributed by atoms with Crippen LogP contribution in [0.25, 0.3) is 0 Å². The number of rotatable bonds is 7. The maximum Gasteiger partial charge on any atom is 0.457 e. The first-order chi connectivity index (χ1) is 14.8. The summed E-state index contributed by atoms with van der Waals surface area (Å²) >= 11 is 0. The minimum atomic E-state index is -2.52. The Morgan fingerprint density at radius 1 is 0.567 bits per heavy atom. The molecule has 0 aromatic carbocycles. The molecule has 0 bridgehead atoms. The van der Waals surface area contributed by atoms with Gasteiger partial charge in [-0.25, -0.2) is 0 Å². The normalized spacial score (nSPS) is 26.7. The summed E-state index contributed by atoms with van der Waals surface area (Å²) in [4.78, 5) is 0. The molecule has 3 saturated carbocycles. The molecule has 1 heterocycles. The van der Waals surface area contributed by atoms with Gasteiger partial charge < -0.3 is 0 Å². The summed E-state index contributed by atoms with van der Waals surface area (Å²) in [6, 6.07) is 0. The first-order valence-corrected chi connectivity index (χ1v) is 17.6. The Morgan fingerprint density at radius 3 is 1.23 bits per heavy atom. The molecular formula is C23H40O3PS3+. The summed E-state index contributed by atoms with van der Waals surface area (Å²) in [5.74, 6) is 0. The molecule has 3 aliphatic carbocycles. The lowest BCUT2D eigenvalue weighted by molar-refractivity contribution is 0.0401. The van der Waals surface area contributed by atoms with Crippen LogP contribution in [-0.2, 0) is 13.6 Å². The Kier molecular flexibility index (Phi) is 10.6. The Morgan fingerprint density at radius 2 is 0.933 bits per heavy atom. The fraction of sp³-hybridized carbons (Fsp3) is 0.913. The van der Waals surface area contributed by atoms with Crippen molar-refractivity contribution in [3.8, 4) is 0 Å². The second-order valence-electron chi connectivity index (χ2n) is 9.36. The Labute approximate surface area is 196 Å². The van der Waals surface area contributed by atoms with Gasteiger partial charge in [0.15, 0.2) is 0 Å². The smallest absolute Gasteiger partial charge is 0.170 e. The summed E-state index contributed by atoms with van der Waals surface area (Å²) in [7, 11) is 2.97. The third-order valence-corrected chi connectivity index (χ3v) is 14.2. The van der Waals surface area contributed by atoms with Gasteiger partial charge in [-0.05, 0) is 59.1 Å². The largest absolute Gasteiger partial charge is 0.457 e. The van der Waals surface area contributed by atoms with Gasteiger partial charge in [-0.2, -0.15) is 13.6 Å². The van der Waals surface area contributed by atoms with Crippen molar-refractivity contribution >= 4 is 39.4 Å². The molecule has 7 heteroatoms. The van der Waals surface area contributed by atoms with Gasteiger partial charge in [0.05, 0.1) is 0 Å². The zero-order valence-electron chi connectivity index (χ0n) is 18.4. The van der Waals surface area contributed by atoms with Gasteiger partial charge in [0.1, 0.15) is 18.3 Å². The molecule has 1 aliphatic heterocycles. The number of hydrogen-bond acceptors (Lipinski definition) is 6. The van der Waals surface area contributed by atoms with Crippen LogP contribution in [0.3, 0.4) is 0 Å². The molecule has 3 nitrogen and oxygen atoms in total. The van der Waals surface area contributed by atoms with Crippen molar-refractivity contribution in [3.63, 3.8) is 0 Å². The standard InChI is InChI=1S/C23H40O3PS3/c1-2-8-14-20(13-7-1)24-27(23-19-28-30-29-23,25-21-15-9-3-4-10-16-21)26-22-17-11-5-6-12-18-22/h19-22H,1-18H2/q+1. The molecule has 0 N–H and O–H groups in total. The molecule has 0 radical (unpaired) electrons. The first-order valence-electron chi connectivity index (χ1n) is 12.5. The minimum Gasteiger partial charge on any atom is -0.170 e. The number of hydrogen-bond donors (Lipinski definition) is 0. The first kappa shape index (κ1) is 24.2. The van der Waals surface area contributed by atoms with E-state index in [4.69, 9.17) is 13.6 Å². The predicted molar refractivity (Wildman–Crippen MR) is 136 cm³/mol. The molecule has 0 amide bonds. The second-order valence-corrected chi connectivity index (χ2v) is 15.7. The average Bonchev–Trinajstić information content (AvgIpc) is 2.92. The highest BCUT2D eigenvalue weighted by Gasteiger charge is 2.57. The lowest BCUT2D eigenvalue weighted by Gasteiger charge is -2.31. The summed E-state index contributed by atoms with van der Waals surface area (Å²) < 4.78 is 22.5. The SMILES string of the molecule is C1=C([P+](OC2CCCCCC2)(OC2CCCCCC2)OC2CCCCCC2)SSS1. The lowest BCUT2D eigenvalue weighted by Crippen LogP contribution is -2.25. The summed E-state index contributed by atoms with van der Waals surface area (Å²) in [6.45, 7) is 0. The molecule has 0 atom stereocenters. The van der Waals surface area contributed by atoms with Crippen molar-refractivity contribution in [2.24, 2.45) is 0 Å². The van der Waals surface area contributed by atoms with E-state index < -0.39 is 7.94 Å². The zero-order valence-corrected chi connectivity index (χ0v) is 21.8. The van der Waals surface area contributed by atoms with Crippen molar-refractivity contribution < 1.29 is 13.6 Å². The molecule has 0 spiro atoms. The highest BCUT2D eigenvalue weighted by Crippen LogP contribution is 2.79. The monoisotopic (exact) mass is 491 g/mol. The highest BCUT2D eigenvalue weighted by molar-refractivity contribution is 9.12. The molecule has 4 aliphatic rings. The zero-order chi connectivity index (χ0) is 20.5. The van der Waals surface area contributed by atoms with Crippen LogP contribution in [0, 0.1) is 0 Å². The van der Waals surface area contributed by atoms with Crippen molar-refractivity contribution in [1.29, 1.82) is 0 Å². The van der Waals surface area contributed by atoms with Gasteiger partial charge in [0.2, 0.25) is 4.65 Å². The summed E-state index contributed by atoms with van der Waals surface area (Å²) in [5.41, 5.74) is 0. The summed E-state index contributed by atoms with van der Waals surface area (Å²) in [6.07, 6.45) is 23.7. The third-order valence-electron chi connectivity index (χ3n) is 6.85. The van der Waals surface area contributed by atoms with Crippen LogP contribution in [-0.4, -0.2) is 18.3 Å². The lowest BCUT2D eigenvalue weighted by atomic mass is 10.2. The van der Waals surface area contributed by atoms with E-state index in [2.05, 4.69) is 5.41 Å². The van der Waals surface area contributed by atoms with Crippen LogP contribution in [0.5, 0.6) is 0 Å². The van der Waals surface area contributed by atoms with E-state index in [9.17, 15) is 0 Å². The van der Waals surface area contributed by atoms with E-state index in [1.165, 1.54) is 120 Å². The maximum atomic E-state index is 7.08. The molecule has 30 heavy (non-hydrogen) atoms. The molecule has 0 unspecified atom stereocenters. The second kappa shape index (κ2) is 13.1. The fourth-order valence-electron chi connectivity index (χ4n) is 5.11. The van der Waals surface area contributed by atoms with Crippen molar-refractivity contribution in [1.82, 2.24) is 0 Å². The van der Waals surface area contributed by atoms with Crippen LogP contribution >= 0.6 is 39.4 Å². The predicted octanol–water partition coefficient (Wildman–Crippen LogP) is 9.81. The van der Waals surface area contributed by atoms with Crippen molar-refractivity contribution in [2.75, 3.05) is 0 Å². The summed E-state index contributed by atoms with van der Waals surface area (Å²) in [5, 5.41) is 2.28. The fourth-order valence-corrected chi connectivity index (χ4v) is 13.8. The van der Waals surface area contributed by atoms with Crippen molar-refractivity contribution in [3.05, 3.63) is 10.1 Å². The minimum absolute atomic E-state index is 0.300. The van der Waals surface area contributed by atoms with Gasteiger partial charge in [-0.15, -0.1) is 0 Å². The van der Waals surface area contributed by atoms with E-state index in [-0.39, 0.29) is 0 Å². The molecule has 172 valence electrons. The van der Waals surface area contributed by atoms with Crippen LogP contribution < -0.4 is 0 Å². The van der Waals surface area contributed by atoms with Crippen LogP contribution in [0.1, 0.15) is 116 Å². The third kappa shape index (κ3) is 7.30. The van der Waals surface area contributed by atoms with Gasteiger partial charge in [0.25, 0.3) is 0 Å². The molecule has 4 rings (SSSR count). The van der Waals surface area contributed by atoms with E-state index in [1.54, 1.807) is 0 Å².